The van der Waals surface area contributed by atoms with E-state index in [2.05, 4.69) is 52.2 Å². The molecule has 2 atom stereocenters. The summed E-state index contributed by atoms with van der Waals surface area (Å²) in [6.45, 7) is 3.50. The number of halogens is 1. The second-order valence-corrected chi connectivity index (χ2v) is 8.20. The number of aliphatic hydroxyl groups is 1. The number of fused-ring (bicyclic) bond motifs is 1. The van der Waals surface area contributed by atoms with E-state index in [1.54, 1.807) is 0 Å². The van der Waals surface area contributed by atoms with Crippen LogP contribution in [0.1, 0.15) is 6.42 Å². The molecule has 1 aromatic heterocycles. The van der Waals surface area contributed by atoms with Crippen molar-refractivity contribution in [2.45, 2.75) is 18.6 Å². The van der Waals surface area contributed by atoms with E-state index in [1.807, 2.05) is 23.1 Å². The van der Waals surface area contributed by atoms with Crippen LogP contribution in [0.4, 0.5) is 5.69 Å². The molecule has 2 aliphatic rings. The summed E-state index contributed by atoms with van der Waals surface area (Å²) in [5.41, 5.74) is 4.36. The van der Waals surface area contributed by atoms with Crippen LogP contribution in [0.5, 0.6) is 0 Å². The molecule has 2 N–H and O–H groups in total. The van der Waals surface area contributed by atoms with Crippen molar-refractivity contribution in [3.8, 4) is 11.4 Å². The quantitative estimate of drug-likeness (QED) is 0.650. The molecule has 2 saturated heterocycles. The van der Waals surface area contributed by atoms with Crippen LogP contribution in [-0.4, -0.2) is 70.3 Å². The third-order valence-corrected chi connectivity index (χ3v) is 6.25. The van der Waals surface area contributed by atoms with Gasteiger partial charge in [0, 0.05) is 51.0 Å². The van der Waals surface area contributed by atoms with Crippen LogP contribution < -0.4 is 10.2 Å². The van der Waals surface area contributed by atoms with E-state index in [9.17, 15) is 9.90 Å². The lowest BCUT2D eigenvalue weighted by atomic mass is 10.1. The fourth-order valence-corrected chi connectivity index (χ4v) is 4.56. The average molecular weight is 442 g/mol. The minimum Gasteiger partial charge on any atom is -0.392 e. The van der Waals surface area contributed by atoms with Gasteiger partial charge in [0.15, 0.2) is 0 Å². The van der Waals surface area contributed by atoms with E-state index < -0.39 is 6.10 Å². The van der Waals surface area contributed by atoms with Gasteiger partial charge in [-0.25, -0.2) is 4.98 Å². The van der Waals surface area contributed by atoms with Crippen molar-refractivity contribution in [3.63, 3.8) is 0 Å². The number of hydrogen-bond donors (Lipinski definition) is 2. The van der Waals surface area contributed by atoms with Crippen LogP contribution in [0.15, 0.2) is 48.5 Å². The maximum Gasteiger partial charge on any atom is 0.239 e. The number of piperazine rings is 1. The van der Waals surface area contributed by atoms with Gasteiger partial charge in [-0.15, -0.1) is 12.4 Å². The zero-order valence-corrected chi connectivity index (χ0v) is 18.4. The molecule has 0 spiro atoms. The van der Waals surface area contributed by atoms with Gasteiger partial charge >= 0.3 is 0 Å². The topological polar surface area (TPSA) is 73.6 Å². The fraction of sp³-hybridized carbons (Fsp3) is 0.391. The highest BCUT2D eigenvalue weighted by atomic mass is 35.5. The van der Waals surface area contributed by atoms with E-state index in [0.29, 0.717) is 26.1 Å². The minimum absolute atomic E-state index is 0. The van der Waals surface area contributed by atoms with Gasteiger partial charge in [0.1, 0.15) is 5.82 Å². The Balaban J connectivity index is 0.00000231. The molecule has 0 radical (unpaired) electrons. The van der Waals surface area contributed by atoms with E-state index in [-0.39, 0.29) is 24.4 Å². The van der Waals surface area contributed by atoms with E-state index >= 15 is 0 Å². The summed E-state index contributed by atoms with van der Waals surface area (Å²) in [5, 5.41) is 12.8. The standard InChI is InChI=1S/C23H27N5O2.ClH/c1-26-21-8-3-2-7-19(21)25-22(26)16-5-4-6-17(13-16)27-9-11-28(12-10-27)23(30)20-14-18(29)15-24-20;/h2-8,13,18,20,24,29H,9-12,14-15H2,1H3;1H/t18-,20+;/m1./s1. The smallest absolute Gasteiger partial charge is 0.239 e. The van der Waals surface area contributed by atoms with Gasteiger partial charge in [-0.2, -0.15) is 0 Å². The summed E-state index contributed by atoms with van der Waals surface area (Å²) >= 11 is 0. The highest BCUT2D eigenvalue weighted by Crippen LogP contribution is 2.27. The Morgan fingerprint density at radius 1 is 1.10 bits per heavy atom. The number of nitrogens with zero attached hydrogens (tertiary/aromatic N) is 4. The Kier molecular flexibility index (Phi) is 6.18. The molecule has 2 aromatic carbocycles. The average Bonchev–Trinajstić information content (AvgIpc) is 3.37. The van der Waals surface area contributed by atoms with Crippen molar-refractivity contribution >= 4 is 35.0 Å². The van der Waals surface area contributed by atoms with Gasteiger partial charge in [0.05, 0.1) is 23.2 Å². The lowest BCUT2D eigenvalue weighted by molar-refractivity contribution is -0.133. The van der Waals surface area contributed by atoms with Crippen LogP contribution in [0.25, 0.3) is 22.4 Å². The molecule has 0 bridgehead atoms. The van der Waals surface area contributed by atoms with Gasteiger partial charge in [0.25, 0.3) is 0 Å². The van der Waals surface area contributed by atoms with Crippen molar-refractivity contribution in [2.75, 3.05) is 37.6 Å². The molecule has 2 aliphatic heterocycles. The first kappa shape index (κ1) is 21.6. The number of rotatable bonds is 3. The molecule has 0 saturated carbocycles. The predicted octanol–water partition coefficient (Wildman–Crippen LogP) is 2.03. The molecule has 7 nitrogen and oxygen atoms in total. The third-order valence-electron chi connectivity index (χ3n) is 6.25. The van der Waals surface area contributed by atoms with E-state index in [1.165, 1.54) is 0 Å². The maximum absolute atomic E-state index is 12.7. The van der Waals surface area contributed by atoms with Crippen LogP contribution in [0, 0.1) is 0 Å². The Hall–Kier alpha value is -2.61. The van der Waals surface area contributed by atoms with Crippen LogP contribution in [-0.2, 0) is 11.8 Å². The molecule has 3 aromatic rings. The normalized spacial score (nSPS) is 21.4. The molecule has 2 fully saturated rings. The van der Waals surface area contributed by atoms with Gasteiger partial charge < -0.3 is 24.8 Å². The minimum atomic E-state index is -0.411. The van der Waals surface area contributed by atoms with Crippen molar-refractivity contribution in [2.24, 2.45) is 7.05 Å². The Bertz CT molecular complexity index is 1080. The zero-order valence-electron chi connectivity index (χ0n) is 17.6. The number of amides is 1. The SMILES string of the molecule is Cl.Cn1c(-c2cccc(N3CCN(C(=O)[C@@H]4C[C@@H](O)CN4)CC3)c2)nc2ccccc21. The number of hydrogen-bond acceptors (Lipinski definition) is 5. The van der Waals surface area contributed by atoms with E-state index in [0.717, 1.165) is 41.2 Å². The highest BCUT2D eigenvalue weighted by Gasteiger charge is 2.32. The number of anilines is 1. The molecule has 1 amide bonds. The first-order valence-electron chi connectivity index (χ1n) is 10.6. The number of aromatic nitrogens is 2. The molecule has 3 heterocycles. The van der Waals surface area contributed by atoms with Gasteiger partial charge in [-0.3, -0.25) is 4.79 Å². The Morgan fingerprint density at radius 3 is 2.58 bits per heavy atom. The number of aryl methyl sites for hydroxylation is 1. The Morgan fingerprint density at radius 2 is 1.87 bits per heavy atom. The number of carbonyl (C=O) groups excluding carboxylic acids is 1. The lowest BCUT2D eigenvalue weighted by Gasteiger charge is -2.37. The predicted molar refractivity (Wildman–Crippen MR) is 125 cm³/mol. The molecule has 5 rings (SSSR count). The molecule has 31 heavy (non-hydrogen) atoms. The first-order chi connectivity index (χ1) is 14.6. The van der Waals surface area contributed by atoms with Crippen LogP contribution in [0.2, 0.25) is 0 Å². The monoisotopic (exact) mass is 441 g/mol. The lowest BCUT2D eigenvalue weighted by Crippen LogP contribution is -2.53. The summed E-state index contributed by atoms with van der Waals surface area (Å²) in [7, 11) is 2.05. The summed E-state index contributed by atoms with van der Waals surface area (Å²) in [4.78, 5) is 21.7. The second-order valence-electron chi connectivity index (χ2n) is 8.20. The molecular formula is C23H28ClN5O2. The molecule has 164 valence electrons. The zero-order chi connectivity index (χ0) is 20.7. The molecule has 8 heteroatoms. The van der Waals surface area contributed by atoms with Gasteiger partial charge in [-0.1, -0.05) is 24.3 Å². The number of carbonyl (C=O) groups is 1. The van der Waals surface area contributed by atoms with Crippen molar-refractivity contribution < 1.29 is 9.90 Å². The second kappa shape index (κ2) is 8.86. The largest absolute Gasteiger partial charge is 0.392 e. The summed E-state index contributed by atoms with van der Waals surface area (Å²) in [6, 6.07) is 16.4. The highest BCUT2D eigenvalue weighted by molar-refractivity contribution is 5.85. The first-order valence-corrected chi connectivity index (χ1v) is 10.6. The fourth-order valence-electron chi connectivity index (χ4n) is 4.56. The Labute approximate surface area is 188 Å². The maximum atomic E-state index is 12.7. The molecular weight excluding hydrogens is 414 g/mol. The number of para-hydroxylation sites is 2. The van der Waals surface area contributed by atoms with Gasteiger partial charge in [-0.05, 0) is 30.7 Å². The number of nitrogens with one attached hydrogen (secondary N) is 1. The van der Waals surface area contributed by atoms with Crippen molar-refractivity contribution in [3.05, 3.63) is 48.5 Å². The number of imidazole rings is 1. The third kappa shape index (κ3) is 4.13. The number of aliphatic hydroxyl groups excluding tert-OH is 1. The van der Waals surface area contributed by atoms with Crippen molar-refractivity contribution in [1.29, 1.82) is 0 Å². The summed E-state index contributed by atoms with van der Waals surface area (Å²) < 4.78 is 2.13. The van der Waals surface area contributed by atoms with Crippen molar-refractivity contribution in [1.82, 2.24) is 19.8 Å². The summed E-state index contributed by atoms with van der Waals surface area (Å²) in [5.74, 6) is 1.07. The molecule has 0 unspecified atom stereocenters. The number of β-amino-alcohol motifs (C(OH)–C–C–N with tert-alkyl or cyclic N) is 1. The molecule has 0 aliphatic carbocycles. The van der Waals surface area contributed by atoms with E-state index in [4.69, 9.17) is 4.98 Å². The van der Waals surface area contributed by atoms with Gasteiger partial charge in [0.2, 0.25) is 5.91 Å². The number of benzene rings is 2. The summed E-state index contributed by atoms with van der Waals surface area (Å²) in [6.07, 6.45) is 0.102. The van der Waals surface area contributed by atoms with Crippen LogP contribution in [0.3, 0.4) is 0 Å². The van der Waals surface area contributed by atoms with Crippen LogP contribution >= 0.6 is 12.4 Å².